The van der Waals surface area contributed by atoms with Gasteiger partial charge >= 0.3 is 0 Å². The number of hydrogen-bond acceptors (Lipinski definition) is 0. The van der Waals surface area contributed by atoms with Crippen LogP contribution in [-0.2, 0) is 12.8 Å². The zero-order valence-electron chi connectivity index (χ0n) is 18.0. The topological polar surface area (TPSA) is 0 Å². The highest BCUT2D eigenvalue weighted by Crippen LogP contribution is 2.41. The van der Waals surface area contributed by atoms with Crippen molar-refractivity contribution in [3.8, 4) is 0 Å². The Morgan fingerprint density at radius 2 is 1.44 bits per heavy atom. The minimum atomic E-state index is 0.995. The fraction of sp³-hybridized carbons (Fsp3) is 0.704. The maximum absolute atomic E-state index is 2.63. The molecule has 0 saturated heterocycles. The van der Waals surface area contributed by atoms with Crippen LogP contribution in [0, 0.1) is 17.8 Å². The Balaban J connectivity index is 1.39. The van der Waals surface area contributed by atoms with Gasteiger partial charge in [-0.2, -0.15) is 0 Å². The van der Waals surface area contributed by atoms with Crippen molar-refractivity contribution >= 4 is 0 Å². The summed E-state index contributed by atoms with van der Waals surface area (Å²) >= 11 is 0. The van der Waals surface area contributed by atoms with Gasteiger partial charge in [-0.05, 0) is 86.7 Å². The Kier molecular flexibility index (Phi) is 8.49. The number of benzene rings is 1. The standard InChI is InChI=1S/C27H42/c1-3-5-7-23-8-10-24(11-9-23)12-13-25-16-20-27(21-17-25)26-18-14-22(6-4-2)15-19-26/h8-11,16,22,26-27H,3-7,12-15,17-21H2,1-2H3. The molecule has 0 bridgehead atoms. The van der Waals surface area contributed by atoms with E-state index in [1.807, 2.05) is 0 Å². The second-order valence-electron chi connectivity index (χ2n) is 9.39. The molecule has 3 rings (SSSR count). The molecule has 1 saturated carbocycles. The van der Waals surface area contributed by atoms with Crippen LogP contribution in [0.4, 0.5) is 0 Å². The third kappa shape index (κ3) is 6.51. The summed E-state index contributed by atoms with van der Waals surface area (Å²) in [6, 6.07) is 9.44. The number of rotatable bonds is 9. The SMILES string of the molecule is CCCCc1ccc(CCC2=CCC(C3CCC(CCC)CC3)CC2)cc1. The fourth-order valence-corrected chi connectivity index (χ4v) is 5.48. The van der Waals surface area contributed by atoms with Crippen LogP contribution in [0.15, 0.2) is 35.9 Å². The van der Waals surface area contributed by atoms with Gasteiger partial charge in [-0.15, -0.1) is 0 Å². The van der Waals surface area contributed by atoms with Gasteiger partial charge in [0.2, 0.25) is 0 Å². The lowest BCUT2D eigenvalue weighted by molar-refractivity contribution is 0.186. The lowest BCUT2D eigenvalue weighted by atomic mass is 9.70. The second-order valence-corrected chi connectivity index (χ2v) is 9.39. The van der Waals surface area contributed by atoms with Gasteiger partial charge in [0.25, 0.3) is 0 Å². The van der Waals surface area contributed by atoms with Crippen LogP contribution in [0.2, 0.25) is 0 Å². The average Bonchev–Trinajstić information content (AvgIpc) is 2.73. The van der Waals surface area contributed by atoms with E-state index in [1.54, 1.807) is 5.57 Å². The van der Waals surface area contributed by atoms with Crippen molar-refractivity contribution in [3.05, 3.63) is 47.0 Å². The van der Waals surface area contributed by atoms with E-state index in [9.17, 15) is 0 Å². The summed E-state index contributed by atoms with van der Waals surface area (Å²) in [5, 5.41) is 0. The number of aryl methyl sites for hydroxylation is 2. The third-order valence-corrected chi connectivity index (χ3v) is 7.38. The molecule has 0 spiro atoms. The lowest BCUT2D eigenvalue weighted by Crippen LogP contribution is -2.23. The highest BCUT2D eigenvalue weighted by Gasteiger charge is 2.28. The van der Waals surface area contributed by atoms with Crippen LogP contribution in [0.25, 0.3) is 0 Å². The molecule has 0 heteroatoms. The molecule has 0 nitrogen and oxygen atoms in total. The van der Waals surface area contributed by atoms with Gasteiger partial charge in [-0.25, -0.2) is 0 Å². The summed E-state index contributed by atoms with van der Waals surface area (Å²) in [4.78, 5) is 0. The smallest absolute Gasteiger partial charge is 0.0241 e. The van der Waals surface area contributed by atoms with E-state index in [1.165, 1.54) is 101 Å². The molecular formula is C27H42. The fourth-order valence-electron chi connectivity index (χ4n) is 5.48. The normalized spacial score (nSPS) is 26.0. The van der Waals surface area contributed by atoms with Crippen molar-refractivity contribution in [2.75, 3.05) is 0 Å². The van der Waals surface area contributed by atoms with Gasteiger partial charge in [-0.1, -0.05) is 81.9 Å². The largest absolute Gasteiger partial charge is 0.0850 e. The zero-order valence-corrected chi connectivity index (χ0v) is 18.0. The maximum atomic E-state index is 2.63. The molecule has 0 heterocycles. The van der Waals surface area contributed by atoms with Crippen LogP contribution >= 0.6 is 0 Å². The molecule has 1 aromatic rings. The van der Waals surface area contributed by atoms with Gasteiger partial charge in [0.05, 0.1) is 0 Å². The number of unbranched alkanes of at least 4 members (excludes halogenated alkanes) is 1. The number of allylic oxidation sites excluding steroid dienone is 2. The third-order valence-electron chi connectivity index (χ3n) is 7.38. The summed E-state index contributed by atoms with van der Waals surface area (Å²) in [6.07, 6.45) is 22.1. The Morgan fingerprint density at radius 3 is 2.04 bits per heavy atom. The monoisotopic (exact) mass is 366 g/mol. The van der Waals surface area contributed by atoms with Crippen molar-refractivity contribution in [3.63, 3.8) is 0 Å². The van der Waals surface area contributed by atoms with E-state index in [0.29, 0.717) is 0 Å². The molecule has 1 atom stereocenters. The first-order valence-corrected chi connectivity index (χ1v) is 12.0. The van der Waals surface area contributed by atoms with Crippen molar-refractivity contribution in [2.45, 2.75) is 104 Å². The van der Waals surface area contributed by atoms with Crippen molar-refractivity contribution in [1.82, 2.24) is 0 Å². The molecule has 0 aliphatic heterocycles. The molecule has 0 amide bonds. The Hall–Kier alpha value is -1.04. The van der Waals surface area contributed by atoms with E-state index in [-0.39, 0.29) is 0 Å². The summed E-state index contributed by atoms with van der Waals surface area (Å²) in [6.45, 7) is 4.62. The van der Waals surface area contributed by atoms with Gasteiger partial charge < -0.3 is 0 Å². The predicted molar refractivity (Wildman–Crippen MR) is 119 cm³/mol. The Labute approximate surface area is 168 Å². The summed E-state index contributed by atoms with van der Waals surface area (Å²) in [7, 11) is 0. The molecule has 2 aliphatic carbocycles. The number of hydrogen-bond donors (Lipinski definition) is 0. The molecule has 2 aliphatic rings. The second kappa shape index (κ2) is 11.1. The molecular weight excluding hydrogens is 324 g/mol. The minimum Gasteiger partial charge on any atom is -0.0850 e. The minimum absolute atomic E-state index is 0.995. The van der Waals surface area contributed by atoms with Crippen LogP contribution in [0.1, 0.15) is 102 Å². The first kappa shape index (κ1) is 20.7. The summed E-state index contributed by atoms with van der Waals surface area (Å²) < 4.78 is 0. The van der Waals surface area contributed by atoms with E-state index < -0.39 is 0 Å². The van der Waals surface area contributed by atoms with Crippen LogP contribution in [0.5, 0.6) is 0 Å². The van der Waals surface area contributed by atoms with Gasteiger partial charge in [0.1, 0.15) is 0 Å². The van der Waals surface area contributed by atoms with Crippen molar-refractivity contribution in [2.24, 2.45) is 17.8 Å². The van der Waals surface area contributed by atoms with E-state index >= 15 is 0 Å². The molecule has 27 heavy (non-hydrogen) atoms. The average molecular weight is 367 g/mol. The van der Waals surface area contributed by atoms with Crippen LogP contribution in [-0.4, -0.2) is 0 Å². The molecule has 1 fully saturated rings. The molecule has 0 aromatic heterocycles. The van der Waals surface area contributed by atoms with Crippen molar-refractivity contribution in [1.29, 1.82) is 0 Å². The van der Waals surface area contributed by atoms with Gasteiger partial charge in [0.15, 0.2) is 0 Å². The summed E-state index contributed by atoms with van der Waals surface area (Å²) in [5.74, 6) is 3.08. The maximum Gasteiger partial charge on any atom is -0.0241 e. The van der Waals surface area contributed by atoms with E-state index in [4.69, 9.17) is 0 Å². The Morgan fingerprint density at radius 1 is 0.741 bits per heavy atom. The highest BCUT2D eigenvalue weighted by atomic mass is 14.3. The van der Waals surface area contributed by atoms with Crippen molar-refractivity contribution < 1.29 is 0 Å². The van der Waals surface area contributed by atoms with E-state index in [0.717, 1.165) is 17.8 Å². The summed E-state index contributed by atoms with van der Waals surface area (Å²) in [5.41, 5.74) is 4.77. The lowest BCUT2D eigenvalue weighted by Gasteiger charge is -2.35. The zero-order chi connectivity index (χ0) is 18.9. The van der Waals surface area contributed by atoms with E-state index in [2.05, 4.69) is 44.2 Å². The van der Waals surface area contributed by atoms with Crippen LogP contribution in [0.3, 0.4) is 0 Å². The first-order valence-electron chi connectivity index (χ1n) is 12.0. The van der Waals surface area contributed by atoms with Gasteiger partial charge in [0, 0.05) is 0 Å². The predicted octanol–water partition coefficient (Wildman–Crippen LogP) is 8.29. The quantitative estimate of drug-likeness (QED) is 0.385. The molecule has 1 aromatic carbocycles. The molecule has 0 radical (unpaired) electrons. The molecule has 0 N–H and O–H groups in total. The van der Waals surface area contributed by atoms with Gasteiger partial charge in [-0.3, -0.25) is 0 Å². The highest BCUT2D eigenvalue weighted by molar-refractivity contribution is 5.24. The van der Waals surface area contributed by atoms with Crippen LogP contribution < -0.4 is 0 Å². The molecule has 1 unspecified atom stereocenters. The Bertz CT molecular complexity index is 556. The molecule has 150 valence electrons. The first-order chi connectivity index (χ1) is 13.3.